The lowest BCUT2D eigenvalue weighted by atomic mass is 10.2. The van der Waals surface area contributed by atoms with Gasteiger partial charge in [-0.15, -0.1) is 0 Å². The first kappa shape index (κ1) is 20.7. The van der Waals surface area contributed by atoms with E-state index in [1.165, 1.54) is 63.1 Å². The lowest BCUT2D eigenvalue weighted by molar-refractivity contribution is 0.241. The van der Waals surface area contributed by atoms with E-state index in [0.717, 1.165) is 17.4 Å². The Kier molecular flexibility index (Phi) is 13.2. The van der Waals surface area contributed by atoms with Gasteiger partial charge in [-0.1, -0.05) is 64.6 Å². The van der Waals surface area contributed by atoms with Crippen LogP contribution in [0, 0.1) is 0 Å². The third-order valence-corrected chi connectivity index (χ3v) is 4.84. The molecule has 0 aromatic carbocycles. The average Bonchev–Trinajstić information content (AvgIpc) is 2.45. The highest BCUT2D eigenvalue weighted by molar-refractivity contribution is 8.32. The molecule has 0 aromatic rings. The molecule has 0 aliphatic carbocycles. The summed E-state index contributed by atoms with van der Waals surface area (Å²) < 4.78 is 0.738. The van der Waals surface area contributed by atoms with Crippen molar-refractivity contribution in [2.75, 3.05) is 27.2 Å². The molecule has 5 heteroatoms. The number of hydrogen-bond acceptors (Lipinski definition) is 3. The van der Waals surface area contributed by atoms with Crippen LogP contribution in [0.2, 0.25) is 0 Å². The minimum atomic E-state index is 0.0205. The van der Waals surface area contributed by atoms with Crippen molar-refractivity contribution in [2.24, 2.45) is 0 Å². The second kappa shape index (κ2) is 13.4. The Morgan fingerprint density at radius 1 is 0.905 bits per heavy atom. The third kappa shape index (κ3) is 11.0. The van der Waals surface area contributed by atoms with Crippen LogP contribution in [-0.4, -0.2) is 46.5 Å². The van der Waals surface area contributed by atoms with E-state index in [9.17, 15) is 4.79 Å². The molecular formula is C16H32N2OS2. The summed E-state index contributed by atoms with van der Waals surface area (Å²) in [4.78, 5) is 15.6. The second-order valence-electron chi connectivity index (χ2n) is 5.64. The van der Waals surface area contributed by atoms with Crippen molar-refractivity contribution < 1.29 is 4.79 Å². The van der Waals surface area contributed by atoms with Crippen LogP contribution in [0.25, 0.3) is 0 Å². The number of rotatable bonds is 10. The zero-order valence-electron chi connectivity index (χ0n) is 14.2. The van der Waals surface area contributed by atoms with E-state index < -0.39 is 0 Å². The summed E-state index contributed by atoms with van der Waals surface area (Å²) in [5, 5.41) is 0.0205. The molecule has 0 atom stereocenters. The predicted molar refractivity (Wildman–Crippen MR) is 99.1 cm³/mol. The lowest BCUT2D eigenvalue weighted by Gasteiger charge is -2.25. The fourth-order valence-electron chi connectivity index (χ4n) is 1.98. The first-order valence-corrected chi connectivity index (χ1v) is 9.43. The van der Waals surface area contributed by atoms with Crippen LogP contribution in [0.1, 0.15) is 65.2 Å². The van der Waals surface area contributed by atoms with Crippen molar-refractivity contribution in [3.63, 3.8) is 0 Å². The summed E-state index contributed by atoms with van der Waals surface area (Å²) in [5.41, 5.74) is 0. The van der Waals surface area contributed by atoms with Crippen molar-refractivity contribution in [3.05, 3.63) is 0 Å². The molecule has 0 spiro atoms. The number of thiocarbonyl (C=S) groups is 1. The number of carbonyl (C=O) groups is 1. The zero-order valence-corrected chi connectivity index (χ0v) is 15.8. The molecule has 0 unspecified atom stereocenters. The van der Waals surface area contributed by atoms with E-state index in [1.54, 1.807) is 19.0 Å². The largest absolute Gasteiger partial charge is 0.357 e. The first-order chi connectivity index (χ1) is 10.0. The number of nitrogens with zero attached hydrogens (tertiary/aromatic N) is 2. The molecule has 0 rings (SSSR count). The minimum absolute atomic E-state index is 0.0205. The highest BCUT2D eigenvalue weighted by atomic mass is 32.2. The van der Waals surface area contributed by atoms with Gasteiger partial charge in [0.1, 0.15) is 4.32 Å². The fourth-order valence-corrected chi connectivity index (χ4v) is 3.02. The molecule has 0 aliphatic rings. The van der Waals surface area contributed by atoms with Gasteiger partial charge in [-0.05, 0) is 12.8 Å². The van der Waals surface area contributed by atoms with Crippen molar-refractivity contribution >= 4 is 33.5 Å². The number of amides is 1. The van der Waals surface area contributed by atoms with Crippen molar-refractivity contribution in [1.29, 1.82) is 0 Å². The predicted octanol–water partition coefficient (Wildman–Crippen LogP) is 5.15. The Bertz CT molecular complexity index is 284. The van der Waals surface area contributed by atoms with Gasteiger partial charge in [0.2, 0.25) is 0 Å². The van der Waals surface area contributed by atoms with Gasteiger partial charge in [0.25, 0.3) is 5.24 Å². The number of carbonyl (C=O) groups excluding carboxylic acids is 1. The average molecular weight is 333 g/mol. The van der Waals surface area contributed by atoms with E-state index in [4.69, 9.17) is 12.2 Å². The molecule has 21 heavy (non-hydrogen) atoms. The summed E-state index contributed by atoms with van der Waals surface area (Å²) in [6.07, 6.45) is 9.87. The molecule has 3 nitrogen and oxygen atoms in total. The van der Waals surface area contributed by atoms with Crippen molar-refractivity contribution in [1.82, 2.24) is 9.80 Å². The van der Waals surface area contributed by atoms with Gasteiger partial charge in [-0.2, -0.15) is 0 Å². The molecule has 0 bridgehead atoms. The summed E-state index contributed by atoms with van der Waals surface area (Å²) in [6.45, 7) is 6.41. The quantitative estimate of drug-likeness (QED) is 0.408. The van der Waals surface area contributed by atoms with Crippen molar-refractivity contribution in [3.8, 4) is 0 Å². The maximum atomic E-state index is 11.8. The summed E-state index contributed by atoms with van der Waals surface area (Å²) >= 11 is 6.66. The number of hydrogen-bond donors (Lipinski definition) is 0. The second-order valence-corrected chi connectivity index (χ2v) is 7.22. The summed E-state index contributed by atoms with van der Waals surface area (Å²) in [6, 6.07) is 0. The third-order valence-electron chi connectivity index (χ3n) is 3.36. The monoisotopic (exact) mass is 332 g/mol. The molecule has 124 valence electrons. The Labute approximate surface area is 140 Å². The van der Waals surface area contributed by atoms with Gasteiger partial charge >= 0.3 is 0 Å². The minimum Gasteiger partial charge on any atom is -0.357 e. The van der Waals surface area contributed by atoms with Crippen LogP contribution < -0.4 is 0 Å². The molecule has 0 saturated carbocycles. The Morgan fingerprint density at radius 2 is 1.38 bits per heavy atom. The highest BCUT2D eigenvalue weighted by Crippen LogP contribution is 2.16. The maximum absolute atomic E-state index is 11.8. The molecular weight excluding hydrogens is 300 g/mol. The molecule has 0 heterocycles. The zero-order chi connectivity index (χ0) is 16.1. The highest BCUT2D eigenvalue weighted by Gasteiger charge is 2.15. The van der Waals surface area contributed by atoms with Gasteiger partial charge in [-0.25, -0.2) is 0 Å². The van der Waals surface area contributed by atoms with E-state index >= 15 is 0 Å². The molecule has 0 aliphatic heterocycles. The lowest BCUT2D eigenvalue weighted by Crippen LogP contribution is -2.32. The van der Waals surface area contributed by atoms with Crippen LogP contribution in [0.4, 0.5) is 4.79 Å². The molecule has 1 amide bonds. The van der Waals surface area contributed by atoms with Crippen LogP contribution >= 0.6 is 24.0 Å². The van der Waals surface area contributed by atoms with Crippen LogP contribution in [-0.2, 0) is 0 Å². The Balaban J connectivity index is 4.26. The summed E-state index contributed by atoms with van der Waals surface area (Å²) in [5.74, 6) is 0. The van der Waals surface area contributed by atoms with E-state index in [1.807, 2.05) is 0 Å². The summed E-state index contributed by atoms with van der Waals surface area (Å²) in [7, 11) is 3.54. The van der Waals surface area contributed by atoms with Gasteiger partial charge in [0.05, 0.1) is 0 Å². The van der Waals surface area contributed by atoms with Crippen LogP contribution in [0.5, 0.6) is 0 Å². The Hall–Kier alpha value is -0.290. The molecule has 0 radical (unpaired) electrons. The van der Waals surface area contributed by atoms with Gasteiger partial charge < -0.3 is 9.80 Å². The van der Waals surface area contributed by atoms with Gasteiger partial charge in [0, 0.05) is 38.9 Å². The molecule has 0 fully saturated rings. The van der Waals surface area contributed by atoms with Gasteiger partial charge in [0.15, 0.2) is 0 Å². The topological polar surface area (TPSA) is 23.6 Å². The Morgan fingerprint density at radius 3 is 1.76 bits per heavy atom. The van der Waals surface area contributed by atoms with Crippen LogP contribution in [0.15, 0.2) is 0 Å². The van der Waals surface area contributed by atoms with Gasteiger partial charge in [-0.3, -0.25) is 4.79 Å². The van der Waals surface area contributed by atoms with Crippen molar-refractivity contribution in [2.45, 2.75) is 65.2 Å². The normalized spacial score (nSPS) is 10.5. The maximum Gasteiger partial charge on any atom is 0.288 e. The standard InChI is InChI=1S/C16H32N2OS2/c1-5-7-9-11-13-18(14-12-10-8-6-2)16(20)21-15(19)17(3)4/h5-14H2,1-4H3. The van der Waals surface area contributed by atoms with E-state index in [2.05, 4.69) is 18.7 Å². The fraction of sp³-hybridized carbons (Fsp3) is 0.875. The first-order valence-electron chi connectivity index (χ1n) is 8.20. The molecule has 0 aromatic heterocycles. The number of thioether (sulfide) groups is 1. The number of unbranched alkanes of at least 4 members (excludes halogenated alkanes) is 6. The SMILES string of the molecule is CCCCCCN(CCCCCC)C(=S)SC(=O)N(C)C. The molecule has 0 saturated heterocycles. The van der Waals surface area contributed by atoms with E-state index in [-0.39, 0.29) is 5.24 Å². The smallest absolute Gasteiger partial charge is 0.288 e. The van der Waals surface area contributed by atoms with Crippen LogP contribution in [0.3, 0.4) is 0 Å². The van der Waals surface area contributed by atoms with E-state index in [0.29, 0.717) is 0 Å². The molecule has 0 N–H and O–H groups in total.